The third kappa shape index (κ3) is 2.74. The number of carbonyl (C=O) groups excluding carboxylic acids is 1. The van der Waals surface area contributed by atoms with Crippen LogP contribution in [0.3, 0.4) is 0 Å². The summed E-state index contributed by atoms with van der Waals surface area (Å²) in [6.45, 7) is 1.93. The minimum atomic E-state index is 0.160. The number of hydrogen-bond donors (Lipinski definition) is 0. The van der Waals surface area contributed by atoms with Crippen molar-refractivity contribution in [2.24, 2.45) is 0 Å². The van der Waals surface area contributed by atoms with Gasteiger partial charge >= 0.3 is 0 Å². The Balaban J connectivity index is 2.19. The fourth-order valence-electron chi connectivity index (χ4n) is 1.74. The number of ketones is 1. The molecular formula is C14H14O2S. The number of rotatable bonds is 4. The van der Waals surface area contributed by atoms with E-state index in [9.17, 15) is 4.79 Å². The number of aryl methyl sites for hydroxylation is 1. The van der Waals surface area contributed by atoms with Crippen LogP contribution in [-0.2, 0) is 6.42 Å². The molecule has 0 radical (unpaired) electrons. The maximum atomic E-state index is 12.1. The molecule has 1 aromatic carbocycles. The first-order valence-electron chi connectivity index (χ1n) is 5.41. The summed E-state index contributed by atoms with van der Waals surface area (Å²) in [5.41, 5.74) is 1.74. The molecule has 0 bridgehead atoms. The fraction of sp³-hybridized carbons (Fsp3) is 0.214. The van der Waals surface area contributed by atoms with E-state index in [0.717, 1.165) is 21.8 Å². The molecule has 0 amide bonds. The molecule has 88 valence electrons. The number of thiophene rings is 1. The van der Waals surface area contributed by atoms with Gasteiger partial charge in [0.05, 0.1) is 7.11 Å². The van der Waals surface area contributed by atoms with Gasteiger partial charge in [-0.2, -0.15) is 0 Å². The summed E-state index contributed by atoms with van der Waals surface area (Å²) in [7, 11) is 1.63. The van der Waals surface area contributed by atoms with Crippen molar-refractivity contribution in [3.63, 3.8) is 0 Å². The Hall–Kier alpha value is -1.61. The van der Waals surface area contributed by atoms with Gasteiger partial charge in [0.2, 0.25) is 0 Å². The molecule has 1 heterocycles. The van der Waals surface area contributed by atoms with Crippen LogP contribution in [0.2, 0.25) is 0 Å². The van der Waals surface area contributed by atoms with Crippen molar-refractivity contribution in [1.29, 1.82) is 0 Å². The number of benzene rings is 1. The van der Waals surface area contributed by atoms with E-state index in [1.165, 1.54) is 0 Å². The zero-order valence-corrected chi connectivity index (χ0v) is 10.7. The monoisotopic (exact) mass is 246 g/mol. The van der Waals surface area contributed by atoms with E-state index in [-0.39, 0.29) is 5.78 Å². The number of hydrogen-bond acceptors (Lipinski definition) is 3. The number of methoxy groups -OCH3 is 1. The Kier molecular flexibility index (Phi) is 3.59. The van der Waals surface area contributed by atoms with Gasteiger partial charge in [0, 0.05) is 16.9 Å². The minimum Gasteiger partial charge on any atom is -0.497 e. The predicted molar refractivity (Wildman–Crippen MR) is 70.1 cm³/mol. The molecule has 0 spiro atoms. The molecule has 0 unspecified atom stereocenters. The molecule has 0 atom stereocenters. The van der Waals surface area contributed by atoms with Crippen molar-refractivity contribution in [3.05, 3.63) is 51.7 Å². The van der Waals surface area contributed by atoms with Gasteiger partial charge < -0.3 is 4.74 Å². The van der Waals surface area contributed by atoms with Gasteiger partial charge in [0.15, 0.2) is 5.78 Å². The Morgan fingerprint density at radius 2 is 2.18 bits per heavy atom. The van der Waals surface area contributed by atoms with Crippen LogP contribution < -0.4 is 4.74 Å². The lowest BCUT2D eigenvalue weighted by Gasteiger charge is -2.06. The molecule has 0 saturated heterocycles. The number of ether oxygens (including phenoxy) is 1. The summed E-state index contributed by atoms with van der Waals surface area (Å²) in [5, 5.41) is 1.99. The predicted octanol–water partition coefficient (Wildman–Crippen LogP) is 3.49. The Bertz CT molecular complexity index is 515. The highest BCUT2D eigenvalue weighted by Crippen LogP contribution is 2.19. The van der Waals surface area contributed by atoms with E-state index in [1.807, 2.05) is 42.6 Å². The van der Waals surface area contributed by atoms with Gasteiger partial charge in [-0.05, 0) is 42.1 Å². The average molecular weight is 246 g/mol. The number of carbonyl (C=O) groups is 1. The lowest BCUT2D eigenvalue weighted by atomic mass is 10.0. The summed E-state index contributed by atoms with van der Waals surface area (Å²) < 4.78 is 5.13. The van der Waals surface area contributed by atoms with Gasteiger partial charge in [-0.15, -0.1) is 11.3 Å². The normalized spacial score (nSPS) is 10.2. The van der Waals surface area contributed by atoms with Crippen LogP contribution in [0.4, 0.5) is 0 Å². The lowest BCUT2D eigenvalue weighted by molar-refractivity contribution is 0.0993. The first-order chi connectivity index (χ1) is 8.20. The minimum absolute atomic E-state index is 0.160. The SMILES string of the molecule is COc1ccc(C(=O)Cc2cccs2)c(C)c1. The van der Waals surface area contributed by atoms with Gasteiger partial charge in [-0.1, -0.05) is 6.07 Å². The first kappa shape index (κ1) is 11.9. The van der Waals surface area contributed by atoms with Crippen LogP contribution in [0.15, 0.2) is 35.7 Å². The molecule has 3 heteroatoms. The molecule has 2 nitrogen and oxygen atoms in total. The van der Waals surface area contributed by atoms with E-state index in [4.69, 9.17) is 4.74 Å². The first-order valence-corrected chi connectivity index (χ1v) is 6.29. The second-order valence-corrected chi connectivity index (χ2v) is 4.89. The van der Waals surface area contributed by atoms with E-state index in [0.29, 0.717) is 6.42 Å². The van der Waals surface area contributed by atoms with Gasteiger partial charge in [-0.25, -0.2) is 0 Å². The van der Waals surface area contributed by atoms with Gasteiger partial charge in [0.25, 0.3) is 0 Å². The third-order valence-corrected chi connectivity index (χ3v) is 3.53. The molecule has 0 aliphatic heterocycles. The highest BCUT2D eigenvalue weighted by atomic mass is 32.1. The van der Waals surface area contributed by atoms with E-state index < -0.39 is 0 Å². The van der Waals surface area contributed by atoms with Crippen LogP contribution in [0, 0.1) is 6.92 Å². The largest absolute Gasteiger partial charge is 0.497 e. The third-order valence-electron chi connectivity index (χ3n) is 2.65. The summed E-state index contributed by atoms with van der Waals surface area (Å²) in [6, 6.07) is 9.51. The standard InChI is InChI=1S/C14H14O2S/c1-10-8-11(16-2)5-6-13(10)14(15)9-12-4-3-7-17-12/h3-8H,9H2,1-2H3. The second-order valence-electron chi connectivity index (χ2n) is 3.86. The zero-order valence-electron chi connectivity index (χ0n) is 9.90. The second kappa shape index (κ2) is 5.15. The van der Waals surface area contributed by atoms with Crippen LogP contribution in [0.25, 0.3) is 0 Å². The molecule has 1 aromatic heterocycles. The van der Waals surface area contributed by atoms with Crippen LogP contribution >= 0.6 is 11.3 Å². The van der Waals surface area contributed by atoms with Crippen LogP contribution in [0.1, 0.15) is 20.8 Å². The highest BCUT2D eigenvalue weighted by Gasteiger charge is 2.11. The smallest absolute Gasteiger partial charge is 0.168 e. The number of Topliss-reactive ketones (excluding diaryl/α,β-unsaturated/α-hetero) is 1. The van der Waals surface area contributed by atoms with Crippen molar-refractivity contribution in [1.82, 2.24) is 0 Å². The molecule has 2 rings (SSSR count). The summed E-state index contributed by atoms with van der Waals surface area (Å²) in [5.74, 6) is 0.947. The van der Waals surface area contributed by atoms with Crippen molar-refractivity contribution in [3.8, 4) is 5.75 Å². The quantitative estimate of drug-likeness (QED) is 0.772. The fourth-order valence-corrected chi connectivity index (χ4v) is 2.45. The summed E-state index contributed by atoms with van der Waals surface area (Å²) in [6.07, 6.45) is 0.477. The Morgan fingerprint density at radius 1 is 1.35 bits per heavy atom. The van der Waals surface area contributed by atoms with Crippen LogP contribution in [0.5, 0.6) is 5.75 Å². The van der Waals surface area contributed by atoms with Crippen molar-refractivity contribution in [2.45, 2.75) is 13.3 Å². The van der Waals surface area contributed by atoms with Gasteiger partial charge in [-0.3, -0.25) is 4.79 Å². The molecule has 0 aliphatic carbocycles. The van der Waals surface area contributed by atoms with Gasteiger partial charge in [0.1, 0.15) is 5.75 Å². The average Bonchev–Trinajstić information content (AvgIpc) is 2.81. The molecule has 0 saturated carbocycles. The molecule has 0 fully saturated rings. The summed E-state index contributed by atoms with van der Waals surface area (Å²) >= 11 is 1.61. The van der Waals surface area contributed by atoms with E-state index >= 15 is 0 Å². The van der Waals surface area contributed by atoms with Crippen molar-refractivity contribution < 1.29 is 9.53 Å². The molecule has 2 aromatic rings. The Morgan fingerprint density at radius 3 is 2.76 bits per heavy atom. The highest BCUT2D eigenvalue weighted by molar-refractivity contribution is 7.10. The molecular weight excluding hydrogens is 232 g/mol. The maximum Gasteiger partial charge on any atom is 0.168 e. The maximum absolute atomic E-state index is 12.1. The molecule has 17 heavy (non-hydrogen) atoms. The van der Waals surface area contributed by atoms with E-state index in [2.05, 4.69) is 0 Å². The van der Waals surface area contributed by atoms with Crippen molar-refractivity contribution in [2.75, 3.05) is 7.11 Å². The van der Waals surface area contributed by atoms with Crippen molar-refractivity contribution >= 4 is 17.1 Å². The van der Waals surface area contributed by atoms with E-state index in [1.54, 1.807) is 18.4 Å². The van der Waals surface area contributed by atoms with Crippen LogP contribution in [-0.4, -0.2) is 12.9 Å². The zero-order chi connectivity index (χ0) is 12.3. The summed E-state index contributed by atoms with van der Waals surface area (Å²) in [4.78, 5) is 13.2. The topological polar surface area (TPSA) is 26.3 Å². The molecule has 0 N–H and O–H groups in total. The molecule has 0 aliphatic rings. The Labute approximate surface area is 105 Å². The lowest BCUT2D eigenvalue weighted by Crippen LogP contribution is -2.04.